The fourth-order valence-corrected chi connectivity index (χ4v) is 6.00. The van der Waals surface area contributed by atoms with Crippen LogP contribution in [0.1, 0.15) is 30.0 Å². The molecule has 0 aliphatic carbocycles. The smallest absolute Gasteiger partial charge is 0.245 e. The zero-order chi connectivity index (χ0) is 22.2. The van der Waals surface area contributed by atoms with E-state index >= 15 is 0 Å². The van der Waals surface area contributed by atoms with Crippen molar-refractivity contribution in [3.63, 3.8) is 0 Å². The van der Waals surface area contributed by atoms with Crippen LogP contribution in [0.25, 0.3) is 22.2 Å². The third-order valence-electron chi connectivity index (χ3n) is 6.53. The number of aryl methyl sites for hydroxylation is 1. The molecule has 2 N–H and O–H groups in total. The normalized spacial score (nSPS) is 19.2. The number of anilines is 1. The number of nitrogens with zero attached hydrogens (tertiary/aromatic N) is 5. The largest absolute Gasteiger partial charge is 0.383 e. The van der Waals surface area contributed by atoms with Gasteiger partial charge in [0.2, 0.25) is 5.91 Å². The molecule has 0 bridgehead atoms. The Morgan fingerprint density at radius 2 is 2.09 bits per heavy atom. The number of aromatic nitrogens is 3. The fraction of sp³-hybridized carbons (Fsp3) is 0.375. The van der Waals surface area contributed by atoms with Crippen LogP contribution in [0, 0.1) is 0 Å². The molecule has 2 aliphatic heterocycles. The van der Waals surface area contributed by atoms with Crippen LogP contribution in [0.2, 0.25) is 0 Å². The van der Waals surface area contributed by atoms with Crippen molar-refractivity contribution in [2.24, 2.45) is 7.05 Å². The van der Waals surface area contributed by atoms with E-state index in [1.807, 2.05) is 23.9 Å². The summed E-state index contributed by atoms with van der Waals surface area (Å²) in [6, 6.07) is 8.78. The zero-order valence-corrected chi connectivity index (χ0v) is 19.1. The van der Waals surface area contributed by atoms with Crippen molar-refractivity contribution in [2.45, 2.75) is 25.3 Å². The number of carbonyl (C=O) groups excluding carboxylic acids is 1. The summed E-state index contributed by atoms with van der Waals surface area (Å²) in [6.07, 6.45) is 5.07. The topological polar surface area (TPSA) is 80.3 Å². The lowest BCUT2D eigenvalue weighted by Gasteiger charge is -2.17. The summed E-state index contributed by atoms with van der Waals surface area (Å²) >= 11 is 1.93. The molecule has 1 unspecified atom stereocenters. The number of nitrogens with two attached hydrogens (primary N) is 1. The van der Waals surface area contributed by atoms with Gasteiger partial charge in [-0.15, -0.1) is 0 Å². The molecule has 8 heteroatoms. The first-order valence-electron chi connectivity index (χ1n) is 11.0. The molecular formula is C24H28N6OS. The van der Waals surface area contributed by atoms with Gasteiger partial charge in [-0.2, -0.15) is 0 Å². The summed E-state index contributed by atoms with van der Waals surface area (Å²) in [5.74, 6) is 1.88. The molecule has 1 atom stereocenters. The number of rotatable bonds is 5. The molecule has 1 aromatic carbocycles. The summed E-state index contributed by atoms with van der Waals surface area (Å²) in [6.45, 7) is 7.14. The molecule has 32 heavy (non-hydrogen) atoms. The SMILES string of the molecule is C=CC(=O)N1CCC(c2c(-c3ccc(CN4CCCS4)cc3)c3c(N)ncnc3n2C)C1. The van der Waals surface area contributed by atoms with Crippen LogP contribution < -0.4 is 5.73 Å². The number of likely N-dealkylation sites (tertiary alicyclic amines) is 1. The maximum absolute atomic E-state index is 12.2. The second kappa shape index (κ2) is 8.60. The standard InChI is InChI=1S/C24H28N6OS/c1-3-19(31)29-11-9-18(14-29)22-20(21-23(25)26-15-27-24(21)28(22)2)17-7-5-16(6-8-17)13-30-10-4-12-32-30/h3,5-8,15,18H,1,4,9-14H2,2H3,(H2,25,26,27). The van der Waals surface area contributed by atoms with Crippen molar-refractivity contribution in [3.8, 4) is 11.1 Å². The van der Waals surface area contributed by atoms with Crippen molar-refractivity contribution in [1.82, 2.24) is 23.7 Å². The fourth-order valence-electron chi connectivity index (χ4n) is 4.98. The molecule has 2 aliphatic rings. The number of benzene rings is 1. The first kappa shape index (κ1) is 21.0. The van der Waals surface area contributed by atoms with E-state index in [1.165, 1.54) is 30.1 Å². The van der Waals surface area contributed by atoms with E-state index in [0.717, 1.165) is 53.9 Å². The third kappa shape index (κ3) is 3.67. The van der Waals surface area contributed by atoms with Crippen LogP contribution in [0.4, 0.5) is 5.82 Å². The molecule has 2 saturated heterocycles. The molecule has 4 heterocycles. The Bertz CT molecular complexity index is 1170. The summed E-state index contributed by atoms with van der Waals surface area (Å²) in [5, 5.41) is 0.890. The lowest BCUT2D eigenvalue weighted by atomic mass is 9.94. The predicted octanol–water partition coefficient (Wildman–Crippen LogP) is 3.57. The molecule has 0 radical (unpaired) electrons. The molecule has 0 saturated carbocycles. The molecule has 3 aromatic rings. The van der Waals surface area contributed by atoms with Crippen LogP contribution in [-0.4, -0.2) is 55.0 Å². The van der Waals surface area contributed by atoms with Gasteiger partial charge in [0, 0.05) is 56.2 Å². The Labute approximate surface area is 192 Å². The number of hydrogen-bond donors (Lipinski definition) is 1. The van der Waals surface area contributed by atoms with Gasteiger partial charge in [0.05, 0.1) is 5.39 Å². The monoisotopic (exact) mass is 448 g/mol. The number of amides is 1. The summed E-state index contributed by atoms with van der Waals surface area (Å²) < 4.78 is 4.55. The Morgan fingerprint density at radius 1 is 1.28 bits per heavy atom. The summed E-state index contributed by atoms with van der Waals surface area (Å²) in [5.41, 5.74) is 11.8. The van der Waals surface area contributed by atoms with E-state index in [1.54, 1.807) is 0 Å². The number of nitrogen functional groups attached to an aromatic ring is 1. The molecular weight excluding hydrogens is 420 g/mol. The molecule has 0 spiro atoms. The Balaban J connectivity index is 1.56. The van der Waals surface area contributed by atoms with E-state index in [9.17, 15) is 4.79 Å². The highest BCUT2D eigenvalue weighted by Crippen LogP contribution is 2.42. The maximum atomic E-state index is 12.2. The quantitative estimate of drug-likeness (QED) is 0.475. The number of carbonyl (C=O) groups is 1. The van der Waals surface area contributed by atoms with Crippen molar-refractivity contribution < 1.29 is 4.79 Å². The Hall–Kier alpha value is -2.84. The van der Waals surface area contributed by atoms with Crippen LogP contribution in [-0.2, 0) is 18.4 Å². The van der Waals surface area contributed by atoms with Gasteiger partial charge in [-0.25, -0.2) is 14.3 Å². The predicted molar refractivity (Wildman–Crippen MR) is 130 cm³/mol. The lowest BCUT2D eigenvalue weighted by molar-refractivity contribution is -0.125. The van der Waals surface area contributed by atoms with Crippen molar-refractivity contribution in [1.29, 1.82) is 0 Å². The van der Waals surface area contributed by atoms with Gasteiger partial charge in [-0.3, -0.25) is 4.79 Å². The summed E-state index contributed by atoms with van der Waals surface area (Å²) in [7, 11) is 2.03. The minimum Gasteiger partial charge on any atom is -0.383 e. The van der Waals surface area contributed by atoms with E-state index in [4.69, 9.17) is 5.73 Å². The Morgan fingerprint density at radius 3 is 2.81 bits per heavy atom. The number of fused-ring (bicyclic) bond motifs is 1. The van der Waals surface area contributed by atoms with Crippen LogP contribution in [0.3, 0.4) is 0 Å². The molecule has 166 valence electrons. The average molecular weight is 449 g/mol. The molecule has 2 aromatic heterocycles. The van der Waals surface area contributed by atoms with E-state index in [-0.39, 0.29) is 11.8 Å². The molecule has 2 fully saturated rings. The highest BCUT2D eigenvalue weighted by molar-refractivity contribution is 7.97. The number of hydrogen-bond acceptors (Lipinski definition) is 6. The Kier molecular flexibility index (Phi) is 5.65. The maximum Gasteiger partial charge on any atom is 0.245 e. The molecule has 1 amide bonds. The van der Waals surface area contributed by atoms with Crippen LogP contribution >= 0.6 is 11.9 Å². The van der Waals surface area contributed by atoms with Gasteiger partial charge in [-0.05, 0) is 30.0 Å². The van der Waals surface area contributed by atoms with Crippen LogP contribution in [0.5, 0.6) is 0 Å². The highest BCUT2D eigenvalue weighted by atomic mass is 32.2. The molecule has 5 rings (SSSR count). The molecule has 7 nitrogen and oxygen atoms in total. The first-order chi connectivity index (χ1) is 15.6. The van der Waals surface area contributed by atoms with Crippen molar-refractivity contribution in [2.75, 3.05) is 31.1 Å². The zero-order valence-electron chi connectivity index (χ0n) is 18.3. The van der Waals surface area contributed by atoms with E-state index < -0.39 is 0 Å². The van der Waals surface area contributed by atoms with Gasteiger partial charge < -0.3 is 15.2 Å². The highest BCUT2D eigenvalue weighted by Gasteiger charge is 2.32. The van der Waals surface area contributed by atoms with Gasteiger partial charge in [-0.1, -0.05) is 42.8 Å². The average Bonchev–Trinajstić information content (AvgIpc) is 3.54. The third-order valence-corrected chi connectivity index (χ3v) is 7.68. The van der Waals surface area contributed by atoms with Gasteiger partial charge in [0.15, 0.2) is 0 Å². The van der Waals surface area contributed by atoms with Gasteiger partial charge in [0.1, 0.15) is 17.8 Å². The minimum atomic E-state index is -0.0174. The second-order valence-corrected chi connectivity index (χ2v) is 9.68. The first-order valence-corrected chi connectivity index (χ1v) is 12.0. The van der Waals surface area contributed by atoms with Gasteiger partial charge in [0.25, 0.3) is 0 Å². The minimum absolute atomic E-state index is 0.0174. The second-order valence-electron chi connectivity index (χ2n) is 8.50. The lowest BCUT2D eigenvalue weighted by Crippen LogP contribution is -2.26. The van der Waals surface area contributed by atoms with Gasteiger partial charge >= 0.3 is 0 Å². The van der Waals surface area contributed by atoms with Crippen molar-refractivity contribution >= 4 is 34.7 Å². The van der Waals surface area contributed by atoms with E-state index in [2.05, 4.69) is 49.7 Å². The van der Waals surface area contributed by atoms with E-state index in [0.29, 0.717) is 12.4 Å². The summed E-state index contributed by atoms with van der Waals surface area (Å²) in [4.78, 5) is 22.9. The van der Waals surface area contributed by atoms with Crippen molar-refractivity contribution in [3.05, 3.63) is 54.5 Å². The van der Waals surface area contributed by atoms with Crippen LogP contribution in [0.15, 0.2) is 43.2 Å².